The Hall–Kier alpha value is -5.12. The summed E-state index contributed by atoms with van der Waals surface area (Å²) >= 11 is 0. The molecule has 2 aromatic carbocycles. The molecule has 6 aromatic rings. The van der Waals surface area contributed by atoms with Crippen molar-refractivity contribution in [3.63, 3.8) is 0 Å². The molecule has 272 valence electrons. The number of ether oxygens (including phenoxy) is 1. The number of carbonyl (C=O) groups excluding carboxylic acids is 1. The normalized spacial score (nSPS) is 17.0. The lowest BCUT2D eigenvalue weighted by Crippen LogP contribution is -2.56. The van der Waals surface area contributed by atoms with Gasteiger partial charge in [0, 0.05) is 64.6 Å². The summed E-state index contributed by atoms with van der Waals surface area (Å²) in [7, 11) is 2.18. The molecule has 14 nitrogen and oxygen atoms in total. The van der Waals surface area contributed by atoms with Gasteiger partial charge in [-0.25, -0.2) is 9.67 Å². The maximum Gasteiger partial charge on any atom is 0.255 e. The van der Waals surface area contributed by atoms with E-state index in [9.17, 15) is 4.79 Å². The lowest BCUT2D eigenvalue weighted by Gasteiger charge is -2.40. The predicted octanol–water partition coefficient (Wildman–Crippen LogP) is 3.56. The molecule has 1 amide bonds. The molecule has 15 heteroatoms. The van der Waals surface area contributed by atoms with Crippen molar-refractivity contribution >= 4 is 47.7 Å². The first-order valence-electron chi connectivity index (χ1n) is 17.6. The van der Waals surface area contributed by atoms with Crippen molar-refractivity contribution in [2.45, 2.75) is 18.9 Å². The summed E-state index contributed by atoms with van der Waals surface area (Å²) in [4.78, 5) is 33.2. The molecule has 8 rings (SSSR count). The number of rotatable bonds is 10. The third kappa shape index (κ3) is 6.66. The lowest BCUT2D eigenvalue weighted by molar-refractivity contribution is -0.138. The van der Waals surface area contributed by atoms with Gasteiger partial charge in [-0.2, -0.15) is 28.1 Å². The van der Waals surface area contributed by atoms with Gasteiger partial charge in [0.15, 0.2) is 22.6 Å². The number of nitrogen functional groups attached to an aromatic ring is 1. The molecule has 52 heavy (non-hydrogen) atoms. The van der Waals surface area contributed by atoms with E-state index in [2.05, 4.69) is 39.0 Å². The molecule has 0 radical (unpaired) electrons. The van der Waals surface area contributed by atoms with Crippen LogP contribution in [-0.2, 0) is 10.3 Å². The molecule has 2 N–H and O–H groups in total. The van der Waals surface area contributed by atoms with Crippen LogP contribution in [0.25, 0.3) is 28.3 Å². The minimum atomic E-state index is -1.21. The monoisotopic (exact) mass is 723 g/mol. The first-order valence-corrected chi connectivity index (χ1v) is 17.6. The zero-order valence-corrected chi connectivity index (χ0v) is 30.6. The minimum absolute atomic E-state index is 0. The first-order chi connectivity index (χ1) is 24.9. The van der Waals surface area contributed by atoms with Crippen LogP contribution in [0.5, 0.6) is 5.75 Å². The number of nitrogens with zero attached hydrogens (tertiary/aromatic N) is 10. The van der Waals surface area contributed by atoms with Crippen LogP contribution >= 0.6 is 13.5 Å². The fourth-order valence-corrected chi connectivity index (χ4v) is 7.12. The van der Waals surface area contributed by atoms with Crippen LogP contribution in [0.1, 0.15) is 18.9 Å². The molecule has 4 aromatic heterocycles. The van der Waals surface area contributed by atoms with Gasteiger partial charge in [-0.15, -0.1) is 5.10 Å². The number of benzene rings is 2. The van der Waals surface area contributed by atoms with Gasteiger partial charge in [0.2, 0.25) is 11.8 Å². The van der Waals surface area contributed by atoms with Crippen molar-refractivity contribution in [1.29, 1.82) is 0 Å². The van der Waals surface area contributed by atoms with E-state index in [4.69, 9.17) is 30.0 Å². The van der Waals surface area contributed by atoms with E-state index in [0.29, 0.717) is 61.1 Å². The third-order valence-electron chi connectivity index (χ3n) is 10.2. The van der Waals surface area contributed by atoms with Gasteiger partial charge in [0.1, 0.15) is 5.75 Å². The van der Waals surface area contributed by atoms with Crippen molar-refractivity contribution in [3.8, 4) is 17.3 Å². The molecule has 2 aliphatic heterocycles. The number of nitrogens with two attached hydrogens (primary N) is 1. The maximum atomic E-state index is 14.7. The van der Waals surface area contributed by atoms with Crippen LogP contribution in [0, 0.1) is 0 Å². The number of hydrogen-bond acceptors (Lipinski definition) is 11. The molecular formula is C37H45N11O3S. The molecule has 0 bridgehead atoms. The van der Waals surface area contributed by atoms with Crippen LogP contribution in [0.4, 0.5) is 11.6 Å². The van der Waals surface area contributed by atoms with Crippen LogP contribution in [0.15, 0.2) is 83.6 Å². The van der Waals surface area contributed by atoms with Crippen molar-refractivity contribution < 1.29 is 13.9 Å². The molecule has 2 fully saturated rings. The maximum absolute atomic E-state index is 14.7. The number of hydrogen-bond donors (Lipinski definition) is 1. The summed E-state index contributed by atoms with van der Waals surface area (Å²) in [5, 5.41) is 9.90. The summed E-state index contributed by atoms with van der Waals surface area (Å²) in [5.74, 6) is 1.83. The Morgan fingerprint density at radius 2 is 1.65 bits per heavy atom. The Bertz CT molecular complexity index is 2100. The SMILES string of the molecule is CN1CCN(CCCOc2ccc(N3CCN(C(=O)[C@](C)(c4ccccc4)n4ncc5c4nc(N)n4nc(-c6ccco6)nc54)CC3)cc2)CC1.S. The molecule has 0 spiro atoms. The number of furan rings is 1. The first kappa shape index (κ1) is 35.3. The third-order valence-corrected chi connectivity index (χ3v) is 10.2. The van der Waals surface area contributed by atoms with Crippen LogP contribution < -0.4 is 15.4 Å². The van der Waals surface area contributed by atoms with E-state index in [1.807, 2.05) is 54.3 Å². The highest BCUT2D eigenvalue weighted by Crippen LogP contribution is 2.34. The number of likely N-dealkylation sites (N-methyl/N-ethyl adjacent to an activating group) is 1. The van der Waals surface area contributed by atoms with Crippen molar-refractivity contribution in [2.75, 3.05) is 83.2 Å². The average molecular weight is 724 g/mol. The van der Waals surface area contributed by atoms with E-state index in [0.717, 1.165) is 56.1 Å². The number of amides is 1. The molecule has 2 aliphatic rings. The van der Waals surface area contributed by atoms with Crippen LogP contribution in [0.2, 0.25) is 0 Å². The smallest absolute Gasteiger partial charge is 0.255 e. The molecular weight excluding hydrogens is 679 g/mol. The largest absolute Gasteiger partial charge is 0.494 e. The molecule has 0 saturated carbocycles. The fourth-order valence-electron chi connectivity index (χ4n) is 7.12. The molecule has 6 heterocycles. The van der Waals surface area contributed by atoms with Gasteiger partial charge in [-0.3, -0.25) is 4.79 Å². The highest BCUT2D eigenvalue weighted by atomic mass is 32.1. The second-order valence-electron chi connectivity index (χ2n) is 13.5. The predicted molar refractivity (Wildman–Crippen MR) is 205 cm³/mol. The molecule has 0 aliphatic carbocycles. The Kier molecular flexibility index (Phi) is 10.1. The highest BCUT2D eigenvalue weighted by Gasteiger charge is 2.43. The number of aromatic nitrogens is 6. The van der Waals surface area contributed by atoms with E-state index in [1.54, 1.807) is 29.3 Å². The summed E-state index contributed by atoms with van der Waals surface area (Å²) in [6.45, 7) is 10.7. The molecule has 1 atom stereocenters. The number of piperazine rings is 2. The zero-order valence-electron chi connectivity index (χ0n) is 29.6. The minimum Gasteiger partial charge on any atom is -0.494 e. The van der Waals surface area contributed by atoms with E-state index < -0.39 is 5.54 Å². The second-order valence-corrected chi connectivity index (χ2v) is 13.5. The van der Waals surface area contributed by atoms with Crippen molar-refractivity contribution in [1.82, 2.24) is 44.1 Å². The van der Waals surface area contributed by atoms with Crippen molar-refractivity contribution in [3.05, 3.63) is 84.8 Å². The molecule has 2 saturated heterocycles. The van der Waals surface area contributed by atoms with Gasteiger partial charge in [0.25, 0.3) is 5.91 Å². The van der Waals surface area contributed by atoms with Gasteiger partial charge in [-0.05, 0) is 62.4 Å². The Morgan fingerprint density at radius 3 is 2.37 bits per heavy atom. The molecule has 0 unspecified atom stereocenters. The van der Waals surface area contributed by atoms with E-state index >= 15 is 0 Å². The second kappa shape index (κ2) is 14.9. The Labute approximate surface area is 309 Å². The summed E-state index contributed by atoms with van der Waals surface area (Å²) in [6.07, 6.45) is 4.25. The highest BCUT2D eigenvalue weighted by molar-refractivity contribution is 7.59. The van der Waals surface area contributed by atoms with Gasteiger partial charge in [-0.1, -0.05) is 30.3 Å². The topological polar surface area (TPSA) is 139 Å². The fraction of sp³-hybridized carbons (Fsp3) is 0.378. The standard InChI is InChI=1S/C37H43N11O3.H2S/c1-37(27-8-4-3-5-9-27,48-34-30(26-39-48)33-40-32(31-10-6-24-51-31)42-47(33)36(38)41-34)35(49)46-22-20-45(21-23-46)28-11-13-29(14-12-28)50-25-7-15-44-18-16-43(2)17-19-44;/h3-6,8-14,24,26H,7,15-23,25H2,1-2H3,(H2,38,41);1H2/t37-;/m0./s1. The average Bonchev–Trinajstić information content (AvgIpc) is 3.95. The Balaban J connectivity index is 0.00000420. The summed E-state index contributed by atoms with van der Waals surface area (Å²) in [5.41, 5.74) is 8.04. The summed E-state index contributed by atoms with van der Waals surface area (Å²) < 4.78 is 14.7. The number of anilines is 2. The zero-order chi connectivity index (χ0) is 35.0. The van der Waals surface area contributed by atoms with Crippen LogP contribution in [-0.4, -0.2) is 123 Å². The van der Waals surface area contributed by atoms with Gasteiger partial charge in [0.05, 0.1) is 24.5 Å². The number of fused-ring (bicyclic) bond motifs is 3. The quantitative estimate of drug-likeness (QED) is 0.208. The number of carbonyl (C=O) groups is 1. The van der Waals surface area contributed by atoms with Crippen molar-refractivity contribution in [2.24, 2.45) is 0 Å². The van der Waals surface area contributed by atoms with Gasteiger partial charge >= 0.3 is 0 Å². The van der Waals surface area contributed by atoms with E-state index in [1.165, 1.54) is 4.52 Å². The van der Waals surface area contributed by atoms with Gasteiger partial charge < -0.3 is 34.5 Å². The van der Waals surface area contributed by atoms with E-state index in [-0.39, 0.29) is 25.4 Å². The lowest BCUT2D eigenvalue weighted by atomic mass is 9.90. The Morgan fingerprint density at radius 1 is 0.904 bits per heavy atom. The van der Waals surface area contributed by atoms with Crippen LogP contribution in [0.3, 0.4) is 0 Å². The summed E-state index contributed by atoms with van der Waals surface area (Å²) in [6, 6.07) is 21.6.